The molecule has 0 aliphatic carbocycles. The lowest BCUT2D eigenvalue weighted by Gasteiger charge is -2.24. The number of halogens is 2. The molecule has 1 aliphatic rings. The van der Waals surface area contributed by atoms with E-state index in [1.807, 2.05) is 18.2 Å². The van der Waals surface area contributed by atoms with E-state index >= 15 is 0 Å². The van der Waals surface area contributed by atoms with Crippen molar-refractivity contribution in [2.24, 2.45) is 0 Å². The van der Waals surface area contributed by atoms with Gasteiger partial charge in [0.2, 0.25) is 17.8 Å². The maximum Gasteiger partial charge on any atom is 0.258 e. The standard InChI is InChI=1S/C20H15Cl2N5O3/c21-10-6-7-14(13(22)8-10)24-18(29)12-9-15(28)25-17-16(12)19(30)27-20(26-17)23-11-4-2-1-3-5-11/h1-8,12H,9H2,(H,24,29)(H3,23,25,26,27,28,30). The first-order chi connectivity index (χ1) is 14.4. The Kier molecular flexibility index (Phi) is 5.43. The van der Waals surface area contributed by atoms with Crippen molar-refractivity contribution in [3.05, 3.63) is 74.5 Å². The van der Waals surface area contributed by atoms with Crippen LogP contribution in [-0.4, -0.2) is 21.8 Å². The number of nitrogens with one attached hydrogen (secondary N) is 4. The van der Waals surface area contributed by atoms with Gasteiger partial charge in [-0.05, 0) is 30.3 Å². The van der Waals surface area contributed by atoms with E-state index in [0.29, 0.717) is 16.4 Å². The van der Waals surface area contributed by atoms with E-state index in [9.17, 15) is 14.4 Å². The normalized spacial score (nSPS) is 15.1. The highest BCUT2D eigenvalue weighted by molar-refractivity contribution is 6.36. The third-order valence-corrected chi connectivity index (χ3v) is 5.04. The van der Waals surface area contributed by atoms with Crippen LogP contribution in [0.3, 0.4) is 0 Å². The van der Waals surface area contributed by atoms with Crippen LogP contribution in [0.4, 0.5) is 23.1 Å². The minimum Gasteiger partial charge on any atom is -0.326 e. The van der Waals surface area contributed by atoms with Gasteiger partial charge in [-0.2, -0.15) is 4.98 Å². The molecule has 1 aromatic heterocycles. The van der Waals surface area contributed by atoms with Crippen LogP contribution in [-0.2, 0) is 9.59 Å². The number of amides is 2. The van der Waals surface area contributed by atoms with Crippen molar-refractivity contribution in [2.45, 2.75) is 12.3 Å². The first-order valence-corrected chi connectivity index (χ1v) is 9.68. The van der Waals surface area contributed by atoms with E-state index in [1.165, 1.54) is 6.07 Å². The SMILES string of the molecule is O=C1CC(C(=O)Nc2ccc(Cl)cc2Cl)c2c(nc(Nc3ccccc3)[nH]c2=O)N1. The number of nitrogens with zero attached hydrogens (tertiary/aromatic N) is 1. The average Bonchev–Trinajstić information content (AvgIpc) is 2.70. The maximum atomic E-state index is 12.9. The summed E-state index contributed by atoms with van der Waals surface area (Å²) < 4.78 is 0. The lowest BCUT2D eigenvalue weighted by molar-refractivity contribution is -0.123. The number of aromatic amines is 1. The molecule has 0 radical (unpaired) electrons. The zero-order chi connectivity index (χ0) is 21.3. The third-order valence-electron chi connectivity index (χ3n) is 4.49. The molecule has 10 heteroatoms. The van der Waals surface area contributed by atoms with Crippen LogP contribution in [0.2, 0.25) is 10.0 Å². The summed E-state index contributed by atoms with van der Waals surface area (Å²) in [7, 11) is 0. The second kappa shape index (κ2) is 8.17. The Morgan fingerprint density at radius 2 is 1.87 bits per heavy atom. The number of anilines is 4. The fraction of sp³-hybridized carbons (Fsp3) is 0.100. The fourth-order valence-corrected chi connectivity index (χ4v) is 3.58. The van der Waals surface area contributed by atoms with E-state index in [-0.39, 0.29) is 28.8 Å². The molecule has 4 N–H and O–H groups in total. The monoisotopic (exact) mass is 443 g/mol. The highest BCUT2D eigenvalue weighted by Crippen LogP contribution is 2.32. The summed E-state index contributed by atoms with van der Waals surface area (Å²) >= 11 is 12.0. The Balaban J connectivity index is 1.65. The highest BCUT2D eigenvalue weighted by Gasteiger charge is 2.35. The van der Waals surface area contributed by atoms with E-state index in [4.69, 9.17) is 23.2 Å². The van der Waals surface area contributed by atoms with E-state index in [0.717, 1.165) is 0 Å². The summed E-state index contributed by atoms with van der Waals surface area (Å²) in [4.78, 5) is 44.7. The Labute approximate surface area is 180 Å². The van der Waals surface area contributed by atoms with Crippen LogP contribution in [0.1, 0.15) is 17.9 Å². The number of fused-ring (bicyclic) bond motifs is 1. The first-order valence-electron chi connectivity index (χ1n) is 8.93. The Morgan fingerprint density at radius 3 is 2.60 bits per heavy atom. The van der Waals surface area contributed by atoms with Crippen LogP contribution in [0.5, 0.6) is 0 Å². The molecule has 4 rings (SSSR count). The molecule has 30 heavy (non-hydrogen) atoms. The lowest BCUT2D eigenvalue weighted by atomic mass is 9.92. The second-order valence-electron chi connectivity index (χ2n) is 6.59. The Bertz CT molecular complexity index is 1200. The van der Waals surface area contributed by atoms with Gasteiger partial charge in [0.15, 0.2) is 0 Å². The molecule has 2 heterocycles. The predicted molar refractivity (Wildman–Crippen MR) is 116 cm³/mol. The number of carbonyl (C=O) groups excluding carboxylic acids is 2. The zero-order valence-corrected chi connectivity index (χ0v) is 16.8. The molecule has 2 aromatic carbocycles. The zero-order valence-electron chi connectivity index (χ0n) is 15.3. The summed E-state index contributed by atoms with van der Waals surface area (Å²) in [5, 5.41) is 8.82. The predicted octanol–water partition coefficient (Wildman–Crippen LogP) is 3.88. The Morgan fingerprint density at radius 1 is 1.10 bits per heavy atom. The molecule has 0 saturated carbocycles. The topological polar surface area (TPSA) is 116 Å². The van der Waals surface area contributed by atoms with Crippen molar-refractivity contribution in [3.63, 3.8) is 0 Å². The molecule has 0 bridgehead atoms. The highest BCUT2D eigenvalue weighted by atomic mass is 35.5. The van der Waals surface area contributed by atoms with Crippen LogP contribution in [0.15, 0.2) is 53.3 Å². The Hall–Kier alpha value is -3.36. The van der Waals surface area contributed by atoms with Crippen LogP contribution in [0, 0.1) is 0 Å². The molecule has 1 unspecified atom stereocenters. The number of benzene rings is 2. The molecule has 1 aliphatic heterocycles. The average molecular weight is 444 g/mol. The number of para-hydroxylation sites is 1. The molecular formula is C20H15Cl2N5O3. The molecule has 3 aromatic rings. The minimum atomic E-state index is -1.03. The van der Waals surface area contributed by atoms with E-state index < -0.39 is 23.3 Å². The van der Waals surface area contributed by atoms with Crippen LogP contribution in [0.25, 0.3) is 0 Å². The van der Waals surface area contributed by atoms with Gasteiger partial charge in [0.05, 0.1) is 22.2 Å². The summed E-state index contributed by atoms with van der Waals surface area (Å²) in [5.74, 6) is -1.81. The number of H-pyrrole nitrogens is 1. The van der Waals surface area contributed by atoms with Crippen molar-refractivity contribution in [2.75, 3.05) is 16.0 Å². The van der Waals surface area contributed by atoms with Crippen molar-refractivity contribution in [1.29, 1.82) is 0 Å². The first kappa shape index (κ1) is 19.9. The second-order valence-corrected chi connectivity index (χ2v) is 7.43. The smallest absolute Gasteiger partial charge is 0.258 e. The fourth-order valence-electron chi connectivity index (χ4n) is 3.12. The van der Waals surface area contributed by atoms with Gasteiger partial charge in [-0.25, -0.2) is 0 Å². The van der Waals surface area contributed by atoms with Crippen molar-refractivity contribution in [1.82, 2.24) is 9.97 Å². The largest absolute Gasteiger partial charge is 0.326 e. The van der Waals surface area contributed by atoms with Crippen molar-refractivity contribution < 1.29 is 9.59 Å². The van der Waals surface area contributed by atoms with Crippen molar-refractivity contribution in [3.8, 4) is 0 Å². The molecule has 0 spiro atoms. The molecule has 0 saturated heterocycles. The number of aromatic nitrogens is 2. The van der Waals surface area contributed by atoms with Gasteiger partial charge in [-0.1, -0.05) is 41.4 Å². The summed E-state index contributed by atoms with van der Waals surface area (Å²) in [6, 6.07) is 13.7. The third kappa shape index (κ3) is 4.14. The summed E-state index contributed by atoms with van der Waals surface area (Å²) in [5.41, 5.74) is 0.580. The quantitative estimate of drug-likeness (QED) is 0.488. The molecule has 1 atom stereocenters. The van der Waals surface area contributed by atoms with Gasteiger partial charge < -0.3 is 16.0 Å². The molecule has 8 nitrogen and oxygen atoms in total. The van der Waals surface area contributed by atoms with Gasteiger partial charge in [-0.3, -0.25) is 19.4 Å². The molecule has 0 fully saturated rings. The summed E-state index contributed by atoms with van der Waals surface area (Å²) in [6.07, 6.45) is -0.194. The summed E-state index contributed by atoms with van der Waals surface area (Å²) in [6.45, 7) is 0. The molecule has 152 valence electrons. The number of rotatable bonds is 4. The minimum absolute atomic E-state index is 0.0378. The van der Waals surface area contributed by atoms with Gasteiger partial charge in [0.25, 0.3) is 5.56 Å². The van der Waals surface area contributed by atoms with E-state index in [2.05, 4.69) is 25.9 Å². The van der Waals surface area contributed by atoms with Crippen LogP contribution < -0.4 is 21.5 Å². The van der Waals surface area contributed by atoms with Gasteiger partial charge in [0.1, 0.15) is 5.82 Å². The van der Waals surface area contributed by atoms with Gasteiger partial charge in [0, 0.05) is 17.1 Å². The molecular weight excluding hydrogens is 429 g/mol. The van der Waals surface area contributed by atoms with Gasteiger partial charge >= 0.3 is 0 Å². The maximum absolute atomic E-state index is 12.9. The van der Waals surface area contributed by atoms with E-state index in [1.54, 1.807) is 24.3 Å². The number of hydrogen-bond donors (Lipinski definition) is 4. The molecule has 2 amide bonds. The van der Waals surface area contributed by atoms with Crippen molar-refractivity contribution >= 4 is 58.2 Å². The number of hydrogen-bond acceptors (Lipinski definition) is 5. The lowest BCUT2D eigenvalue weighted by Crippen LogP contribution is -2.36. The van der Waals surface area contributed by atoms with Gasteiger partial charge in [-0.15, -0.1) is 0 Å². The van der Waals surface area contributed by atoms with Crippen LogP contribution >= 0.6 is 23.2 Å². The number of carbonyl (C=O) groups is 2.